The van der Waals surface area contributed by atoms with Crippen LogP contribution < -0.4 is 10.5 Å². The number of nitrogens with one attached hydrogen (secondary N) is 2. The highest BCUT2D eigenvalue weighted by Gasteiger charge is 2.16. The number of aromatic amines is 1. The molecule has 1 heterocycles. The van der Waals surface area contributed by atoms with Crippen LogP contribution in [-0.2, 0) is 10.0 Å². The van der Waals surface area contributed by atoms with Crippen LogP contribution in [0.1, 0.15) is 5.56 Å². The van der Waals surface area contributed by atoms with Gasteiger partial charge in [-0.05, 0) is 36.8 Å². The minimum Gasteiger partial charge on any atom is -0.408 e. The minimum absolute atomic E-state index is 0.0512. The fourth-order valence-corrected chi connectivity index (χ4v) is 3.15. The van der Waals surface area contributed by atoms with Crippen LogP contribution in [0.25, 0.3) is 11.1 Å². The minimum atomic E-state index is -3.73. The molecule has 7 heteroatoms. The molecule has 0 bridgehead atoms. The van der Waals surface area contributed by atoms with Crippen molar-refractivity contribution in [2.45, 2.75) is 11.8 Å². The zero-order chi connectivity index (χ0) is 15.0. The van der Waals surface area contributed by atoms with E-state index in [0.29, 0.717) is 16.8 Å². The lowest BCUT2D eigenvalue weighted by Gasteiger charge is -2.10. The third kappa shape index (κ3) is 2.55. The molecular formula is C14H12N2O4S. The molecule has 0 spiro atoms. The Labute approximate surface area is 120 Å². The van der Waals surface area contributed by atoms with Gasteiger partial charge >= 0.3 is 5.76 Å². The molecule has 2 N–H and O–H groups in total. The Morgan fingerprint density at radius 2 is 1.90 bits per heavy atom. The number of fused-ring (bicyclic) bond motifs is 1. The van der Waals surface area contributed by atoms with Gasteiger partial charge in [0.15, 0.2) is 5.58 Å². The molecule has 2 aromatic carbocycles. The van der Waals surface area contributed by atoms with E-state index in [2.05, 4.69) is 9.71 Å². The number of hydrogen-bond acceptors (Lipinski definition) is 4. The third-order valence-electron chi connectivity index (χ3n) is 3.09. The predicted molar refractivity (Wildman–Crippen MR) is 78.8 cm³/mol. The Morgan fingerprint density at radius 1 is 1.14 bits per heavy atom. The van der Waals surface area contributed by atoms with E-state index in [1.54, 1.807) is 12.1 Å². The number of H-pyrrole nitrogens is 1. The van der Waals surface area contributed by atoms with Crippen molar-refractivity contribution in [2.75, 3.05) is 4.72 Å². The fraction of sp³-hybridized carbons (Fsp3) is 0.0714. The number of hydrogen-bond donors (Lipinski definition) is 2. The Balaban J connectivity index is 2.03. The third-order valence-corrected chi connectivity index (χ3v) is 4.45. The molecule has 3 rings (SSSR count). The van der Waals surface area contributed by atoms with Gasteiger partial charge in [-0.25, -0.2) is 13.2 Å². The number of rotatable bonds is 3. The number of benzene rings is 2. The van der Waals surface area contributed by atoms with Crippen molar-refractivity contribution in [1.82, 2.24) is 4.98 Å². The van der Waals surface area contributed by atoms with Crippen molar-refractivity contribution in [2.24, 2.45) is 0 Å². The Hall–Kier alpha value is -2.54. The van der Waals surface area contributed by atoms with Gasteiger partial charge in [0, 0.05) is 0 Å². The highest BCUT2D eigenvalue weighted by atomic mass is 32.2. The first-order chi connectivity index (χ1) is 9.95. The van der Waals surface area contributed by atoms with Crippen LogP contribution >= 0.6 is 0 Å². The maximum Gasteiger partial charge on any atom is 0.417 e. The second kappa shape index (κ2) is 4.78. The molecule has 0 radical (unpaired) electrons. The summed E-state index contributed by atoms with van der Waals surface area (Å²) < 4.78 is 32.1. The van der Waals surface area contributed by atoms with Crippen molar-refractivity contribution in [3.05, 3.63) is 58.6 Å². The monoisotopic (exact) mass is 304 g/mol. The van der Waals surface area contributed by atoms with E-state index in [9.17, 15) is 13.2 Å². The molecule has 0 aliphatic rings. The molecule has 0 fully saturated rings. The molecule has 3 aromatic rings. The van der Waals surface area contributed by atoms with E-state index in [0.717, 1.165) is 5.56 Å². The molecule has 0 amide bonds. The first kappa shape index (κ1) is 13.4. The summed E-state index contributed by atoms with van der Waals surface area (Å²) in [6.45, 7) is 1.81. The van der Waals surface area contributed by atoms with Gasteiger partial charge in [-0.2, -0.15) is 0 Å². The lowest BCUT2D eigenvalue weighted by molar-refractivity contribution is 0.555. The van der Waals surface area contributed by atoms with Crippen LogP contribution in [-0.4, -0.2) is 13.4 Å². The molecule has 0 aliphatic heterocycles. The van der Waals surface area contributed by atoms with E-state index in [1.165, 1.54) is 18.2 Å². The van der Waals surface area contributed by atoms with Gasteiger partial charge in [0.2, 0.25) is 0 Å². The van der Waals surface area contributed by atoms with E-state index < -0.39 is 15.8 Å². The molecule has 0 unspecified atom stereocenters. The summed E-state index contributed by atoms with van der Waals surface area (Å²) in [5, 5.41) is 0. The second-order valence-electron chi connectivity index (χ2n) is 4.59. The zero-order valence-electron chi connectivity index (χ0n) is 11.1. The van der Waals surface area contributed by atoms with Crippen LogP contribution in [0.2, 0.25) is 0 Å². The number of para-hydroxylation sites is 1. The molecule has 0 saturated heterocycles. The standard InChI is InChI=1S/C14H12N2O4S/c1-9-4-2-3-5-11(9)16-21(18,19)10-6-7-13-12(8-10)15-14(17)20-13/h2-8,16H,1H3,(H,15,17). The van der Waals surface area contributed by atoms with Gasteiger partial charge < -0.3 is 4.42 Å². The highest BCUT2D eigenvalue weighted by molar-refractivity contribution is 7.92. The van der Waals surface area contributed by atoms with Crippen LogP contribution in [0.5, 0.6) is 0 Å². The molecule has 6 nitrogen and oxygen atoms in total. The normalized spacial score (nSPS) is 11.7. The quantitative estimate of drug-likeness (QED) is 0.776. The predicted octanol–water partition coefficient (Wildman–Crippen LogP) is 2.23. The zero-order valence-corrected chi connectivity index (χ0v) is 11.9. The first-order valence-corrected chi connectivity index (χ1v) is 7.65. The smallest absolute Gasteiger partial charge is 0.408 e. The van der Waals surface area contributed by atoms with Crippen LogP contribution in [0, 0.1) is 6.92 Å². The Morgan fingerprint density at radius 3 is 2.67 bits per heavy atom. The van der Waals surface area contributed by atoms with Gasteiger partial charge in [-0.1, -0.05) is 18.2 Å². The lowest BCUT2D eigenvalue weighted by Crippen LogP contribution is -2.13. The number of anilines is 1. The largest absolute Gasteiger partial charge is 0.417 e. The van der Waals surface area contributed by atoms with Crippen molar-refractivity contribution in [1.29, 1.82) is 0 Å². The summed E-state index contributed by atoms with van der Waals surface area (Å²) in [4.78, 5) is 13.6. The van der Waals surface area contributed by atoms with Crippen LogP contribution in [0.3, 0.4) is 0 Å². The maximum absolute atomic E-state index is 12.4. The fourth-order valence-electron chi connectivity index (χ4n) is 1.99. The number of aromatic nitrogens is 1. The molecule has 21 heavy (non-hydrogen) atoms. The molecule has 1 aromatic heterocycles. The molecule has 108 valence electrons. The lowest BCUT2D eigenvalue weighted by atomic mass is 10.2. The van der Waals surface area contributed by atoms with E-state index >= 15 is 0 Å². The Bertz CT molecular complexity index is 970. The van der Waals surface area contributed by atoms with Crippen LogP contribution in [0.4, 0.5) is 5.69 Å². The topological polar surface area (TPSA) is 92.2 Å². The van der Waals surface area contributed by atoms with E-state index in [1.807, 2.05) is 19.1 Å². The van der Waals surface area contributed by atoms with Gasteiger partial charge in [0.05, 0.1) is 16.1 Å². The average molecular weight is 304 g/mol. The number of oxazole rings is 1. The number of aryl methyl sites for hydroxylation is 1. The Kier molecular flexibility index (Phi) is 3.06. The summed E-state index contributed by atoms with van der Waals surface area (Å²) in [5.41, 5.74) is 1.99. The summed E-state index contributed by atoms with van der Waals surface area (Å²) in [6.07, 6.45) is 0. The maximum atomic E-state index is 12.4. The van der Waals surface area contributed by atoms with E-state index in [4.69, 9.17) is 4.42 Å². The SMILES string of the molecule is Cc1ccccc1NS(=O)(=O)c1ccc2oc(=O)[nH]c2c1. The van der Waals surface area contributed by atoms with Crippen molar-refractivity contribution < 1.29 is 12.8 Å². The molecule has 0 atom stereocenters. The number of sulfonamides is 1. The highest BCUT2D eigenvalue weighted by Crippen LogP contribution is 2.21. The molecule has 0 saturated carbocycles. The molecular weight excluding hydrogens is 292 g/mol. The molecule has 0 aliphatic carbocycles. The second-order valence-corrected chi connectivity index (χ2v) is 6.28. The van der Waals surface area contributed by atoms with E-state index in [-0.39, 0.29) is 4.90 Å². The average Bonchev–Trinajstić information content (AvgIpc) is 2.80. The van der Waals surface area contributed by atoms with Gasteiger partial charge in [-0.3, -0.25) is 9.71 Å². The van der Waals surface area contributed by atoms with Gasteiger partial charge in [-0.15, -0.1) is 0 Å². The van der Waals surface area contributed by atoms with Crippen LogP contribution in [0.15, 0.2) is 56.6 Å². The van der Waals surface area contributed by atoms with Crippen molar-refractivity contribution in [3.8, 4) is 0 Å². The first-order valence-electron chi connectivity index (χ1n) is 6.17. The van der Waals surface area contributed by atoms with Gasteiger partial charge in [0.25, 0.3) is 10.0 Å². The summed E-state index contributed by atoms with van der Waals surface area (Å²) in [6, 6.07) is 11.3. The summed E-state index contributed by atoms with van der Waals surface area (Å²) in [7, 11) is -3.73. The van der Waals surface area contributed by atoms with Gasteiger partial charge in [0.1, 0.15) is 0 Å². The van der Waals surface area contributed by atoms with Crippen molar-refractivity contribution >= 4 is 26.8 Å². The summed E-state index contributed by atoms with van der Waals surface area (Å²) in [5.74, 6) is -0.619. The summed E-state index contributed by atoms with van der Waals surface area (Å²) >= 11 is 0. The van der Waals surface area contributed by atoms with Crippen molar-refractivity contribution in [3.63, 3.8) is 0 Å².